The van der Waals surface area contributed by atoms with Crippen LogP contribution in [0.3, 0.4) is 0 Å². The van der Waals surface area contributed by atoms with Crippen LogP contribution in [0, 0.1) is 0 Å². The molecule has 1 saturated heterocycles. The molecule has 35 heavy (non-hydrogen) atoms. The zero-order valence-electron chi connectivity index (χ0n) is 19.1. The van der Waals surface area contributed by atoms with E-state index in [9.17, 15) is 17.2 Å². The fourth-order valence-electron chi connectivity index (χ4n) is 3.68. The van der Waals surface area contributed by atoms with E-state index >= 15 is 0 Å². The first-order chi connectivity index (χ1) is 16.5. The summed E-state index contributed by atoms with van der Waals surface area (Å²) in [6.45, 7) is 3.85. The van der Waals surface area contributed by atoms with Crippen LogP contribution in [0.25, 0.3) is 0 Å². The third kappa shape index (κ3) is 5.36. The highest BCUT2D eigenvalue weighted by Crippen LogP contribution is 2.36. The molecule has 0 radical (unpaired) electrons. The van der Waals surface area contributed by atoms with E-state index < -0.39 is 38.2 Å². The maximum Gasteiger partial charge on any atom is 0.405 e. The first kappa shape index (κ1) is 25.6. The lowest BCUT2D eigenvalue weighted by Gasteiger charge is -2.22. The third-order valence-electron chi connectivity index (χ3n) is 5.62. The Labute approximate surface area is 205 Å². The minimum absolute atomic E-state index is 0.0555. The van der Waals surface area contributed by atoms with Gasteiger partial charge in [-0.05, 0) is 74.5 Å². The molecule has 1 aliphatic rings. The van der Waals surface area contributed by atoms with E-state index in [0.717, 1.165) is 27.2 Å². The number of hydrogen-bond acceptors (Lipinski definition) is 5. The van der Waals surface area contributed by atoms with Crippen LogP contribution in [-0.2, 0) is 36.3 Å². The van der Waals surface area contributed by atoms with Gasteiger partial charge >= 0.3 is 15.4 Å². The van der Waals surface area contributed by atoms with Crippen LogP contribution in [0.2, 0.25) is 0 Å². The number of halogens is 2. The Kier molecular flexibility index (Phi) is 7.21. The molecule has 2 atom stereocenters. The second-order valence-electron chi connectivity index (χ2n) is 8.05. The first-order valence-corrected chi connectivity index (χ1v) is 13.5. The summed E-state index contributed by atoms with van der Waals surface area (Å²) in [6, 6.07) is 24.3. The lowest BCUT2D eigenvalue weighted by molar-refractivity contribution is -0.149. The summed E-state index contributed by atoms with van der Waals surface area (Å²) in [7, 11) is -6.12. The van der Waals surface area contributed by atoms with E-state index in [-0.39, 0.29) is 5.75 Å². The molecule has 186 valence electrons. The standard InChI is InChI=1S/C25H24F2O6S2/c1-18(25(26,27)35(28,29)30)33-20-10-14-23(15-11-20)34(21-6-4-3-5-7-21)22-12-8-19(9-13-22)24(2)31-16-17-32-24/h3-15,18H,16-17H2,1-2H3/p+1. The molecular weight excluding hydrogens is 498 g/mol. The molecule has 0 bridgehead atoms. The summed E-state index contributed by atoms with van der Waals surface area (Å²) >= 11 is 0. The predicted molar refractivity (Wildman–Crippen MR) is 127 cm³/mol. The molecule has 2 unspecified atom stereocenters. The van der Waals surface area contributed by atoms with Crippen LogP contribution in [0.4, 0.5) is 8.78 Å². The van der Waals surface area contributed by atoms with Crippen molar-refractivity contribution in [1.29, 1.82) is 0 Å². The molecule has 0 aliphatic carbocycles. The van der Waals surface area contributed by atoms with Crippen LogP contribution in [0.5, 0.6) is 5.75 Å². The van der Waals surface area contributed by atoms with Gasteiger partial charge in [0, 0.05) is 5.56 Å². The van der Waals surface area contributed by atoms with Gasteiger partial charge in [-0.15, -0.1) is 0 Å². The molecule has 0 aromatic heterocycles. The van der Waals surface area contributed by atoms with Crippen molar-refractivity contribution >= 4 is 21.0 Å². The minimum atomic E-state index is -5.60. The molecule has 10 heteroatoms. The fraction of sp³-hybridized carbons (Fsp3) is 0.280. The highest BCUT2D eigenvalue weighted by Gasteiger charge is 2.51. The summed E-state index contributed by atoms with van der Waals surface area (Å²) in [6.07, 6.45) is -2.08. The lowest BCUT2D eigenvalue weighted by atomic mass is 10.1. The Morgan fingerprint density at radius 1 is 0.914 bits per heavy atom. The average Bonchev–Trinajstić information content (AvgIpc) is 3.28. The summed E-state index contributed by atoms with van der Waals surface area (Å²) in [5, 5.41) is -4.44. The molecule has 6 nitrogen and oxygen atoms in total. The SMILES string of the molecule is CC(Oc1ccc([S+](c2ccccc2)c2ccc(C3(C)OCCO3)cc2)cc1)C(F)(F)S(=O)(=O)O. The summed E-state index contributed by atoms with van der Waals surface area (Å²) in [5.74, 6) is -0.719. The van der Waals surface area contributed by atoms with Crippen molar-refractivity contribution < 1.29 is 36.0 Å². The molecule has 4 rings (SSSR count). The number of rotatable bonds is 8. The Morgan fingerprint density at radius 3 is 1.91 bits per heavy atom. The van der Waals surface area contributed by atoms with Gasteiger partial charge in [-0.2, -0.15) is 17.2 Å². The van der Waals surface area contributed by atoms with Gasteiger partial charge in [-0.3, -0.25) is 4.55 Å². The number of alkyl halides is 2. The monoisotopic (exact) mass is 523 g/mol. The van der Waals surface area contributed by atoms with Crippen molar-refractivity contribution in [2.45, 2.75) is 45.7 Å². The van der Waals surface area contributed by atoms with E-state index in [4.69, 9.17) is 18.8 Å². The van der Waals surface area contributed by atoms with Crippen LogP contribution < -0.4 is 4.74 Å². The van der Waals surface area contributed by atoms with Crippen molar-refractivity contribution in [2.24, 2.45) is 0 Å². The highest BCUT2D eigenvalue weighted by atomic mass is 32.2. The maximum atomic E-state index is 13.9. The van der Waals surface area contributed by atoms with Crippen molar-refractivity contribution in [3.8, 4) is 5.75 Å². The highest BCUT2D eigenvalue weighted by molar-refractivity contribution is 7.97. The molecule has 1 fully saturated rings. The van der Waals surface area contributed by atoms with E-state index in [0.29, 0.717) is 13.2 Å². The smallest absolute Gasteiger partial charge is 0.405 e. The molecular formula is C25H25F2O6S2+. The lowest BCUT2D eigenvalue weighted by Crippen LogP contribution is -2.42. The largest absolute Gasteiger partial charge is 0.483 e. The molecule has 0 spiro atoms. The van der Waals surface area contributed by atoms with Crippen LogP contribution in [0.15, 0.2) is 93.5 Å². The van der Waals surface area contributed by atoms with Crippen LogP contribution >= 0.6 is 0 Å². The zero-order chi connectivity index (χ0) is 25.3. The van der Waals surface area contributed by atoms with Gasteiger partial charge in [0.1, 0.15) is 5.75 Å². The average molecular weight is 524 g/mol. The first-order valence-electron chi connectivity index (χ1n) is 10.8. The third-order valence-corrected chi connectivity index (χ3v) is 8.87. The number of benzene rings is 3. The molecule has 3 aromatic rings. The van der Waals surface area contributed by atoms with E-state index in [1.165, 1.54) is 12.1 Å². The minimum Gasteiger partial charge on any atom is -0.483 e. The van der Waals surface area contributed by atoms with Crippen LogP contribution in [0.1, 0.15) is 19.4 Å². The quantitative estimate of drug-likeness (QED) is 0.321. The molecule has 3 aromatic carbocycles. The van der Waals surface area contributed by atoms with Gasteiger partial charge in [0.15, 0.2) is 26.6 Å². The Bertz CT molecular complexity index is 1240. The number of hydrogen-bond donors (Lipinski definition) is 1. The Balaban J connectivity index is 1.62. The molecule has 0 saturated carbocycles. The predicted octanol–water partition coefficient (Wildman–Crippen LogP) is 5.25. The summed E-state index contributed by atoms with van der Waals surface area (Å²) in [5.41, 5.74) is 0.910. The summed E-state index contributed by atoms with van der Waals surface area (Å²) in [4.78, 5) is 2.99. The molecule has 1 heterocycles. The van der Waals surface area contributed by atoms with Crippen molar-refractivity contribution in [3.05, 3.63) is 84.4 Å². The molecule has 0 amide bonds. The second kappa shape index (κ2) is 9.87. The topological polar surface area (TPSA) is 82.1 Å². The van der Waals surface area contributed by atoms with Gasteiger partial charge in [0.05, 0.1) is 24.1 Å². The van der Waals surface area contributed by atoms with Gasteiger partial charge in [-0.25, -0.2) is 0 Å². The van der Waals surface area contributed by atoms with Crippen LogP contribution in [-0.4, -0.2) is 37.5 Å². The second-order valence-corrected chi connectivity index (χ2v) is 11.6. The fourth-order valence-corrected chi connectivity index (χ4v) is 6.21. The van der Waals surface area contributed by atoms with Gasteiger partial charge < -0.3 is 14.2 Å². The van der Waals surface area contributed by atoms with Crippen molar-refractivity contribution in [1.82, 2.24) is 0 Å². The zero-order valence-corrected chi connectivity index (χ0v) is 20.7. The van der Waals surface area contributed by atoms with Crippen molar-refractivity contribution in [2.75, 3.05) is 13.2 Å². The normalized spacial score (nSPS) is 17.6. The number of ether oxygens (including phenoxy) is 3. The Morgan fingerprint density at radius 2 is 1.40 bits per heavy atom. The van der Waals surface area contributed by atoms with Gasteiger partial charge in [-0.1, -0.05) is 18.2 Å². The Hall–Kier alpha value is -2.50. The van der Waals surface area contributed by atoms with E-state index in [1.807, 2.05) is 61.5 Å². The molecule has 1 N–H and O–H groups in total. The van der Waals surface area contributed by atoms with Gasteiger partial charge in [0.2, 0.25) is 0 Å². The molecule has 1 aliphatic heterocycles. The van der Waals surface area contributed by atoms with E-state index in [1.54, 1.807) is 12.1 Å². The van der Waals surface area contributed by atoms with Crippen molar-refractivity contribution in [3.63, 3.8) is 0 Å². The maximum absolute atomic E-state index is 13.9. The summed E-state index contributed by atoms with van der Waals surface area (Å²) < 4.78 is 75.1. The van der Waals surface area contributed by atoms with Gasteiger partial charge in [0.25, 0.3) is 0 Å². The van der Waals surface area contributed by atoms with E-state index in [2.05, 4.69) is 0 Å².